The molecule has 0 aromatic heterocycles. The summed E-state index contributed by atoms with van der Waals surface area (Å²) in [6, 6.07) is 4.21. The van der Waals surface area contributed by atoms with Gasteiger partial charge in [-0.1, -0.05) is 22.0 Å². The standard InChI is InChI=1S/C11H13BrFNO2/c1-7(6-12)14-11(15)10-8(13)4-3-5-9(10)16-2/h3-5,7H,6H2,1-2H3,(H,14,15). The van der Waals surface area contributed by atoms with E-state index < -0.39 is 11.7 Å². The number of benzene rings is 1. The molecule has 0 fully saturated rings. The molecular weight excluding hydrogens is 277 g/mol. The summed E-state index contributed by atoms with van der Waals surface area (Å²) in [5.41, 5.74) is -0.0576. The van der Waals surface area contributed by atoms with Gasteiger partial charge in [0.25, 0.3) is 5.91 Å². The van der Waals surface area contributed by atoms with E-state index in [2.05, 4.69) is 21.2 Å². The van der Waals surface area contributed by atoms with Crippen LogP contribution in [0.25, 0.3) is 0 Å². The Balaban J connectivity index is 2.98. The zero-order valence-electron chi connectivity index (χ0n) is 9.09. The van der Waals surface area contributed by atoms with Gasteiger partial charge in [-0.05, 0) is 19.1 Å². The minimum absolute atomic E-state index is 0.0576. The van der Waals surface area contributed by atoms with Gasteiger partial charge in [-0.25, -0.2) is 4.39 Å². The van der Waals surface area contributed by atoms with Crippen molar-refractivity contribution in [2.45, 2.75) is 13.0 Å². The average Bonchev–Trinajstić information content (AvgIpc) is 2.28. The van der Waals surface area contributed by atoms with Gasteiger partial charge in [0.1, 0.15) is 17.1 Å². The van der Waals surface area contributed by atoms with Crippen molar-refractivity contribution in [2.75, 3.05) is 12.4 Å². The van der Waals surface area contributed by atoms with E-state index in [0.717, 1.165) is 0 Å². The first-order valence-electron chi connectivity index (χ1n) is 4.79. The summed E-state index contributed by atoms with van der Waals surface area (Å²) in [6.07, 6.45) is 0. The van der Waals surface area contributed by atoms with Crippen LogP contribution in [-0.4, -0.2) is 24.4 Å². The van der Waals surface area contributed by atoms with Gasteiger partial charge in [0.05, 0.1) is 7.11 Å². The smallest absolute Gasteiger partial charge is 0.258 e. The zero-order chi connectivity index (χ0) is 12.1. The molecule has 1 unspecified atom stereocenters. The number of rotatable bonds is 4. The molecule has 0 spiro atoms. The lowest BCUT2D eigenvalue weighted by atomic mass is 10.1. The molecule has 3 nitrogen and oxygen atoms in total. The predicted octanol–water partition coefficient (Wildman–Crippen LogP) is 2.35. The van der Waals surface area contributed by atoms with Crippen molar-refractivity contribution in [2.24, 2.45) is 0 Å². The van der Waals surface area contributed by atoms with Crippen molar-refractivity contribution in [3.05, 3.63) is 29.6 Å². The van der Waals surface area contributed by atoms with E-state index in [9.17, 15) is 9.18 Å². The maximum Gasteiger partial charge on any atom is 0.258 e. The lowest BCUT2D eigenvalue weighted by Gasteiger charge is -2.13. The van der Waals surface area contributed by atoms with Gasteiger partial charge in [-0.15, -0.1) is 0 Å². The largest absolute Gasteiger partial charge is 0.496 e. The number of carbonyl (C=O) groups is 1. The molecule has 5 heteroatoms. The van der Waals surface area contributed by atoms with Crippen LogP contribution < -0.4 is 10.1 Å². The van der Waals surface area contributed by atoms with E-state index in [1.54, 1.807) is 6.07 Å². The number of methoxy groups -OCH3 is 1. The molecule has 88 valence electrons. The van der Waals surface area contributed by atoms with Crippen molar-refractivity contribution in [1.82, 2.24) is 5.32 Å². The normalized spacial score (nSPS) is 12.0. The molecular formula is C11H13BrFNO2. The Labute approximate surface area is 102 Å². The van der Waals surface area contributed by atoms with Crippen LogP contribution >= 0.6 is 15.9 Å². The fourth-order valence-corrected chi connectivity index (χ4v) is 1.39. The van der Waals surface area contributed by atoms with E-state index in [1.807, 2.05) is 6.92 Å². The number of hydrogen-bond donors (Lipinski definition) is 1. The lowest BCUT2D eigenvalue weighted by Crippen LogP contribution is -2.34. The molecule has 0 saturated heterocycles. The van der Waals surface area contributed by atoms with Crippen LogP contribution in [0.5, 0.6) is 5.75 Å². The van der Waals surface area contributed by atoms with E-state index in [1.165, 1.54) is 19.2 Å². The van der Waals surface area contributed by atoms with E-state index in [0.29, 0.717) is 5.33 Å². The quantitative estimate of drug-likeness (QED) is 0.864. The molecule has 1 rings (SSSR count). The molecule has 16 heavy (non-hydrogen) atoms. The number of ether oxygens (including phenoxy) is 1. The number of alkyl halides is 1. The molecule has 1 atom stereocenters. The Bertz CT molecular complexity index is 384. The summed E-state index contributed by atoms with van der Waals surface area (Å²) in [4.78, 5) is 11.8. The second-order valence-corrected chi connectivity index (χ2v) is 3.99. The number of amides is 1. The number of hydrogen-bond acceptors (Lipinski definition) is 2. The van der Waals surface area contributed by atoms with Crippen molar-refractivity contribution >= 4 is 21.8 Å². The van der Waals surface area contributed by atoms with Crippen LogP contribution in [0.3, 0.4) is 0 Å². The molecule has 0 aliphatic rings. The zero-order valence-corrected chi connectivity index (χ0v) is 10.7. The van der Waals surface area contributed by atoms with Crippen LogP contribution in [0.15, 0.2) is 18.2 Å². The third-order valence-corrected chi connectivity index (χ3v) is 3.00. The average molecular weight is 290 g/mol. The Hall–Kier alpha value is -1.10. The van der Waals surface area contributed by atoms with Crippen molar-refractivity contribution < 1.29 is 13.9 Å². The Kier molecular flexibility index (Phi) is 4.73. The topological polar surface area (TPSA) is 38.3 Å². The van der Waals surface area contributed by atoms with Crippen LogP contribution in [0.1, 0.15) is 17.3 Å². The van der Waals surface area contributed by atoms with Crippen molar-refractivity contribution in [3.63, 3.8) is 0 Å². The Morgan fingerprint density at radius 1 is 1.62 bits per heavy atom. The molecule has 0 radical (unpaired) electrons. The Morgan fingerprint density at radius 3 is 2.88 bits per heavy atom. The van der Waals surface area contributed by atoms with Gasteiger partial charge < -0.3 is 10.1 Å². The van der Waals surface area contributed by atoms with Gasteiger partial charge in [0.2, 0.25) is 0 Å². The summed E-state index contributed by atoms with van der Waals surface area (Å²) < 4.78 is 18.4. The minimum Gasteiger partial charge on any atom is -0.496 e. The summed E-state index contributed by atoms with van der Waals surface area (Å²) in [7, 11) is 1.40. The summed E-state index contributed by atoms with van der Waals surface area (Å²) in [5.74, 6) is -0.820. The van der Waals surface area contributed by atoms with Crippen LogP contribution in [0.2, 0.25) is 0 Å². The van der Waals surface area contributed by atoms with Crippen molar-refractivity contribution in [1.29, 1.82) is 0 Å². The first-order valence-corrected chi connectivity index (χ1v) is 5.91. The molecule has 1 amide bonds. The summed E-state index contributed by atoms with van der Waals surface area (Å²) in [6.45, 7) is 1.82. The SMILES string of the molecule is COc1cccc(F)c1C(=O)NC(C)CBr. The third-order valence-electron chi connectivity index (χ3n) is 2.03. The lowest BCUT2D eigenvalue weighted by molar-refractivity contribution is 0.0936. The summed E-state index contributed by atoms with van der Waals surface area (Å²) in [5, 5.41) is 3.26. The van der Waals surface area contributed by atoms with Gasteiger partial charge in [0.15, 0.2) is 0 Å². The van der Waals surface area contributed by atoms with Gasteiger partial charge in [-0.3, -0.25) is 4.79 Å². The van der Waals surface area contributed by atoms with E-state index in [4.69, 9.17) is 4.74 Å². The highest BCUT2D eigenvalue weighted by Crippen LogP contribution is 2.20. The molecule has 1 N–H and O–H groups in total. The Morgan fingerprint density at radius 2 is 2.31 bits per heavy atom. The molecule has 0 heterocycles. The fourth-order valence-electron chi connectivity index (χ4n) is 1.23. The van der Waals surface area contributed by atoms with Gasteiger partial charge in [-0.2, -0.15) is 0 Å². The maximum absolute atomic E-state index is 13.5. The number of halogens is 2. The molecule has 0 saturated carbocycles. The molecule has 1 aromatic rings. The highest BCUT2D eigenvalue weighted by Gasteiger charge is 2.18. The second kappa shape index (κ2) is 5.84. The predicted molar refractivity (Wildman–Crippen MR) is 63.7 cm³/mol. The van der Waals surface area contributed by atoms with Crippen LogP contribution in [0, 0.1) is 5.82 Å². The second-order valence-electron chi connectivity index (χ2n) is 3.35. The first-order chi connectivity index (χ1) is 7.60. The molecule has 0 aliphatic carbocycles. The van der Waals surface area contributed by atoms with E-state index in [-0.39, 0.29) is 17.4 Å². The molecule has 0 bridgehead atoms. The van der Waals surface area contributed by atoms with Crippen LogP contribution in [0.4, 0.5) is 4.39 Å². The minimum atomic E-state index is -0.585. The maximum atomic E-state index is 13.5. The number of nitrogens with one attached hydrogen (secondary N) is 1. The fraction of sp³-hybridized carbons (Fsp3) is 0.364. The highest BCUT2D eigenvalue weighted by molar-refractivity contribution is 9.09. The molecule has 0 aliphatic heterocycles. The highest BCUT2D eigenvalue weighted by atomic mass is 79.9. The molecule has 1 aromatic carbocycles. The van der Waals surface area contributed by atoms with Crippen molar-refractivity contribution in [3.8, 4) is 5.75 Å². The number of carbonyl (C=O) groups excluding carboxylic acids is 1. The van der Waals surface area contributed by atoms with Crippen LogP contribution in [-0.2, 0) is 0 Å². The van der Waals surface area contributed by atoms with E-state index >= 15 is 0 Å². The van der Waals surface area contributed by atoms with Gasteiger partial charge in [0, 0.05) is 11.4 Å². The van der Waals surface area contributed by atoms with Gasteiger partial charge >= 0.3 is 0 Å². The first kappa shape index (κ1) is 13.0. The monoisotopic (exact) mass is 289 g/mol. The third kappa shape index (κ3) is 2.95. The summed E-state index contributed by atoms with van der Waals surface area (Å²) >= 11 is 3.23.